The maximum Gasteiger partial charge on any atom is 0.327 e. The summed E-state index contributed by atoms with van der Waals surface area (Å²) in [7, 11) is 0. The van der Waals surface area contributed by atoms with E-state index >= 15 is 0 Å². The zero-order valence-corrected chi connectivity index (χ0v) is 13.0. The number of aliphatic carboxylic acids is 1. The van der Waals surface area contributed by atoms with Crippen molar-refractivity contribution in [2.75, 3.05) is 51.6 Å². The van der Waals surface area contributed by atoms with E-state index in [2.05, 4.69) is 19.6 Å². The fourth-order valence-electron chi connectivity index (χ4n) is 3.19. The Kier molecular flexibility index (Phi) is 4.36. The van der Waals surface area contributed by atoms with Crippen LogP contribution >= 0.6 is 11.8 Å². The molecule has 5 rings (SSSR count). The molecule has 0 aromatic rings. The second-order valence-corrected chi connectivity index (χ2v) is 6.87. The summed E-state index contributed by atoms with van der Waals surface area (Å²) in [6.45, 7) is 8.52. The number of nitrogens with zero attached hydrogens (tertiary/aromatic N) is 5. The van der Waals surface area contributed by atoms with Crippen LogP contribution in [0, 0.1) is 0 Å². The van der Waals surface area contributed by atoms with Crippen LogP contribution in [0.5, 0.6) is 0 Å². The van der Waals surface area contributed by atoms with Gasteiger partial charge in [-0.2, -0.15) is 0 Å². The lowest BCUT2D eigenvalue weighted by atomic mass is 10.3. The van der Waals surface area contributed by atoms with Crippen LogP contribution in [0.4, 0.5) is 0 Å². The lowest BCUT2D eigenvalue weighted by molar-refractivity contribution is -0.194. The highest BCUT2D eigenvalue weighted by molar-refractivity contribution is 7.99. The summed E-state index contributed by atoms with van der Waals surface area (Å²) < 4.78 is 0. The second-order valence-electron chi connectivity index (χ2n) is 5.87. The molecule has 9 heteroatoms. The first-order valence-corrected chi connectivity index (χ1v) is 8.15. The predicted octanol–water partition coefficient (Wildman–Crippen LogP) is -1.03. The molecular weight excluding hydrogens is 294 g/mol. The van der Waals surface area contributed by atoms with Crippen LogP contribution in [-0.4, -0.2) is 99.2 Å². The standard InChI is InChI=1S/C6H12N4.C6H9NO3S/c1-7-2-9-4-8(1)5-10(3-7)6-9;1-4(8)7-3-11-2-5(7)6(9)10/h1-6H2;5H,2-3H2,1H3,(H,9,10). The van der Waals surface area contributed by atoms with Crippen LogP contribution in [0.3, 0.4) is 0 Å². The zero-order valence-electron chi connectivity index (χ0n) is 12.1. The average molecular weight is 315 g/mol. The lowest BCUT2D eigenvalue weighted by Gasteiger charge is -2.56. The SMILES string of the molecule is C1N2CN3CN1CN(C2)C3.CC(=O)N1CSCC1C(=O)O. The third-order valence-electron chi connectivity index (χ3n) is 3.97. The molecule has 0 aliphatic carbocycles. The zero-order chi connectivity index (χ0) is 15.0. The molecule has 0 spiro atoms. The first-order valence-electron chi connectivity index (χ1n) is 7.00. The highest BCUT2D eigenvalue weighted by Gasteiger charge is 2.36. The van der Waals surface area contributed by atoms with E-state index in [4.69, 9.17) is 5.11 Å². The van der Waals surface area contributed by atoms with Gasteiger partial charge in [-0.25, -0.2) is 4.79 Å². The van der Waals surface area contributed by atoms with Crippen LogP contribution in [0.15, 0.2) is 0 Å². The minimum Gasteiger partial charge on any atom is -0.480 e. The molecule has 21 heavy (non-hydrogen) atoms. The van der Waals surface area contributed by atoms with Crippen molar-refractivity contribution in [2.45, 2.75) is 13.0 Å². The number of carboxylic acid groups (broad SMARTS) is 1. The van der Waals surface area contributed by atoms with Crippen molar-refractivity contribution in [3.05, 3.63) is 0 Å². The lowest BCUT2D eigenvalue weighted by Crippen LogP contribution is -2.71. The minimum atomic E-state index is -0.912. The predicted molar refractivity (Wildman–Crippen MR) is 77.8 cm³/mol. The van der Waals surface area contributed by atoms with E-state index in [-0.39, 0.29) is 5.91 Å². The van der Waals surface area contributed by atoms with E-state index in [0.29, 0.717) is 11.6 Å². The summed E-state index contributed by atoms with van der Waals surface area (Å²) in [4.78, 5) is 32.6. The summed E-state index contributed by atoms with van der Waals surface area (Å²) in [5.41, 5.74) is 0. The molecule has 118 valence electrons. The fraction of sp³-hybridized carbons (Fsp3) is 0.833. The van der Waals surface area contributed by atoms with E-state index in [1.54, 1.807) is 0 Å². The van der Waals surface area contributed by atoms with E-state index in [1.807, 2.05) is 0 Å². The molecular formula is C12H21N5O3S. The quantitative estimate of drug-likeness (QED) is 0.659. The third-order valence-corrected chi connectivity index (χ3v) is 4.98. The van der Waals surface area contributed by atoms with Crippen LogP contribution in [0.1, 0.15) is 6.92 Å². The van der Waals surface area contributed by atoms with Gasteiger partial charge in [-0.05, 0) is 0 Å². The number of amides is 1. The van der Waals surface area contributed by atoms with Gasteiger partial charge in [0.25, 0.3) is 0 Å². The maximum absolute atomic E-state index is 10.8. The van der Waals surface area contributed by atoms with E-state index < -0.39 is 12.0 Å². The Morgan fingerprint density at radius 2 is 1.38 bits per heavy atom. The molecule has 0 radical (unpaired) electrons. The van der Waals surface area contributed by atoms with Crippen molar-refractivity contribution in [1.82, 2.24) is 24.5 Å². The maximum atomic E-state index is 10.8. The summed E-state index contributed by atoms with van der Waals surface area (Å²) in [6.07, 6.45) is 0. The molecule has 0 saturated carbocycles. The number of thioether (sulfide) groups is 1. The summed E-state index contributed by atoms with van der Waals surface area (Å²) >= 11 is 1.47. The van der Waals surface area contributed by atoms with Gasteiger partial charge in [0.05, 0.1) is 45.9 Å². The fourth-order valence-corrected chi connectivity index (χ4v) is 4.40. The molecule has 5 aliphatic rings. The van der Waals surface area contributed by atoms with Crippen molar-refractivity contribution in [3.8, 4) is 0 Å². The van der Waals surface area contributed by atoms with E-state index in [0.717, 1.165) is 0 Å². The van der Waals surface area contributed by atoms with Gasteiger partial charge in [0.1, 0.15) is 6.04 Å². The molecule has 0 aromatic carbocycles. The first-order chi connectivity index (χ1) is 10.0. The van der Waals surface area contributed by atoms with Crippen molar-refractivity contribution < 1.29 is 14.7 Å². The molecule has 1 N–H and O–H groups in total. The molecule has 8 nitrogen and oxygen atoms in total. The molecule has 1 atom stereocenters. The molecule has 4 bridgehead atoms. The number of hydrogen-bond acceptors (Lipinski definition) is 7. The molecule has 5 saturated heterocycles. The molecule has 1 amide bonds. The highest BCUT2D eigenvalue weighted by Crippen LogP contribution is 2.21. The monoisotopic (exact) mass is 315 g/mol. The van der Waals surface area contributed by atoms with Crippen molar-refractivity contribution >= 4 is 23.6 Å². The van der Waals surface area contributed by atoms with Crippen LogP contribution in [-0.2, 0) is 9.59 Å². The Morgan fingerprint density at radius 1 is 0.952 bits per heavy atom. The number of carbonyl (C=O) groups is 2. The summed E-state index contributed by atoms with van der Waals surface area (Å²) in [5.74, 6) is -0.0612. The topological polar surface area (TPSA) is 70.6 Å². The highest BCUT2D eigenvalue weighted by atomic mass is 32.2. The second kappa shape index (κ2) is 6.09. The van der Waals surface area contributed by atoms with Gasteiger partial charge in [0.2, 0.25) is 5.91 Å². The normalized spacial score (nSPS) is 39.9. The number of hydrogen-bond donors (Lipinski definition) is 1. The van der Waals surface area contributed by atoms with Gasteiger partial charge >= 0.3 is 5.97 Å². The Bertz CT molecular complexity index is 359. The molecule has 1 unspecified atom stereocenters. The van der Waals surface area contributed by atoms with Crippen LogP contribution < -0.4 is 0 Å². The largest absolute Gasteiger partial charge is 0.480 e. The number of carboxylic acids is 1. The Morgan fingerprint density at radius 3 is 1.67 bits per heavy atom. The van der Waals surface area contributed by atoms with Gasteiger partial charge in [-0.15, -0.1) is 11.8 Å². The van der Waals surface area contributed by atoms with Crippen LogP contribution in [0.2, 0.25) is 0 Å². The van der Waals surface area contributed by atoms with Gasteiger partial charge in [-0.3, -0.25) is 24.4 Å². The van der Waals surface area contributed by atoms with Gasteiger partial charge in [0.15, 0.2) is 0 Å². The number of rotatable bonds is 1. The van der Waals surface area contributed by atoms with Crippen LogP contribution in [0.25, 0.3) is 0 Å². The smallest absolute Gasteiger partial charge is 0.327 e. The van der Waals surface area contributed by atoms with Crippen molar-refractivity contribution in [3.63, 3.8) is 0 Å². The van der Waals surface area contributed by atoms with Crippen molar-refractivity contribution in [1.29, 1.82) is 0 Å². The van der Waals surface area contributed by atoms with Gasteiger partial charge in [-0.1, -0.05) is 0 Å². The minimum absolute atomic E-state index is 0.164. The van der Waals surface area contributed by atoms with Crippen molar-refractivity contribution in [2.24, 2.45) is 0 Å². The summed E-state index contributed by atoms with van der Waals surface area (Å²) in [6, 6.07) is -0.613. The molecule has 5 aliphatic heterocycles. The van der Waals surface area contributed by atoms with E-state index in [9.17, 15) is 9.59 Å². The Hall–Kier alpha value is -0.870. The van der Waals surface area contributed by atoms with E-state index in [1.165, 1.54) is 63.6 Å². The van der Waals surface area contributed by atoms with Gasteiger partial charge in [0, 0.05) is 12.7 Å². The molecule has 0 aromatic heterocycles. The average Bonchev–Trinajstić information content (AvgIpc) is 2.87. The Labute approximate surface area is 128 Å². The molecule has 5 fully saturated rings. The Balaban J connectivity index is 0.000000126. The summed E-state index contributed by atoms with van der Waals surface area (Å²) in [5, 5.41) is 8.63. The molecule has 5 heterocycles. The van der Waals surface area contributed by atoms with Gasteiger partial charge < -0.3 is 10.0 Å². The third kappa shape index (κ3) is 3.32. The first kappa shape index (κ1) is 15.0. The number of carbonyl (C=O) groups excluding carboxylic acids is 1.